The van der Waals surface area contributed by atoms with Crippen LogP contribution in [0.2, 0.25) is 5.02 Å². The number of nitrogens with two attached hydrogens (primary N) is 1. The van der Waals surface area contributed by atoms with Crippen molar-refractivity contribution in [1.82, 2.24) is 4.98 Å². The van der Waals surface area contributed by atoms with Gasteiger partial charge in [-0.3, -0.25) is 0 Å². The van der Waals surface area contributed by atoms with E-state index in [1.54, 1.807) is 19.4 Å². The van der Waals surface area contributed by atoms with E-state index in [0.29, 0.717) is 10.9 Å². The van der Waals surface area contributed by atoms with Crippen LogP contribution in [0.1, 0.15) is 18.4 Å². The molecule has 0 saturated heterocycles. The van der Waals surface area contributed by atoms with E-state index in [-0.39, 0.29) is 5.54 Å². The summed E-state index contributed by atoms with van der Waals surface area (Å²) in [5, 5.41) is 0.688. The van der Waals surface area contributed by atoms with Crippen LogP contribution in [0.15, 0.2) is 12.3 Å². The predicted molar refractivity (Wildman–Crippen MR) is 55.7 cm³/mol. The van der Waals surface area contributed by atoms with Gasteiger partial charge in [-0.25, -0.2) is 4.98 Å². The molecule has 1 aliphatic rings. The average Bonchev–Trinajstić information content (AvgIpc) is 2.88. The molecule has 1 heterocycles. The number of nitrogens with zero attached hydrogens (tertiary/aromatic N) is 1. The van der Waals surface area contributed by atoms with E-state index in [1.165, 1.54) is 0 Å². The van der Waals surface area contributed by atoms with Gasteiger partial charge in [-0.15, -0.1) is 0 Å². The lowest BCUT2D eigenvalue weighted by Crippen LogP contribution is -2.25. The molecular formula is C10H13ClN2O. The van der Waals surface area contributed by atoms with Crippen LogP contribution in [0.25, 0.3) is 0 Å². The van der Waals surface area contributed by atoms with Crippen molar-refractivity contribution in [2.75, 3.05) is 7.11 Å². The highest BCUT2D eigenvalue weighted by Crippen LogP contribution is 2.39. The topological polar surface area (TPSA) is 48.1 Å². The Labute approximate surface area is 88.2 Å². The van der Waals surface area contributed by atoms with Crippen molar-refractivity contribution in [2.24, 2.45) is 5.73 Å². The summed E-state index contributed by atoms with van der Waals surface area (Å²) in [5.74, 6) is 0.592. The molecule has 4 heteroatoms. The molecule has 1 fully saturated rings. The van der Waals surface area contributed by atoms with Gasteiger partial charge in [-0.05, 0) is 25.3 Å². The van der Waals surface area contributed by atoms with Crippen molar-refractivity contribution in [3.05, 3.63) is 22.8 Å². The maximum atomic E-state index is 6.07. The number of ether oxygens (including phenoxy) is 1. The minimum atomic E-state index is -0.0695. The largest absolute Gasteiger partial charge is 0.481 e. The van der Waals surface area contributed by atoms with E-state index in [0.717, 1.165) is 24.8 Å². The van der Waals surface area contributed by atoms with E-state index >= 15 is 0 Å². The first-order valence-electron chi connectivity index (χ1n) is 4.61. The van der Waals surface area contributed by atoms with Crippen molar-refractivity contribution < 1.29 is 4.74 Å². The zero-order chi connectivity index (χ0) is 10.2. The van der Waals surface area contributed by atoms with Crippen molar-refractivity contribution in [2.45, 2.75) is 24.8 Å². The summed E-state index contributed by atoms with van der Waals surface area (Å²) in [5.41, 5.74) is 6.89. The molecular weight excluding hydrogens is 200 g/mol. The molecule has 76 valence electrons. The molecule has 0 amide bonds. The minimum absolute atomic E-state index is 0.0695. The van der Waals surface area contributed by atoms with Gasteiger partial charge in [0.25, 0.3) is 0 Å². The number of halogens is 1. The fourth-order valence-corrected chi connectivity index (χ4v) is 1.68. The van der Waals surface area contributed by atoms with Gasteiger partial charge in [-0.2, -0.15) is 0 Å². The smallest absolute Gasteiger partial charge is 0.217 e. The molecule has 1 saturated carbocycles. The van der Waals surface area contributed by atoms with Crippen molar-refractivity contribution >= 4 is 11.6 Å². The van der Waals surface area contributed by atoms with Gasteiger partial charge >= 0.3 is 0 Å². The lowest BCUT2D eigenvalue weighted by Gasteiger charge is -2.12. The minimum Gasteiger partial charge on any atom is -0.481 e. The molecule has 1 aliphatic carbocycles. The van der Waals surface area contributed by atoms with E-state index < -0.39 is 0 Å². The number of hydrogen-bond acceptors (Lipinski definition) is 3. The molecule has 1 aromatic rings. The molecule has 3 nitrogen and oxygen atoms in total. The fourth-order valence-electron chi connectivity index (χ4n) is 1.48. The van der Waals surface area contributed by atoms with Gasteiger partial charge in [0.1, 0.15) is 0 Å². The standard InChI is InChI=1S/C10H13ClN2O/c1-14-9-7(6-10(12)3-4-10)8(11)2-5-13-9/h2,5H,3-4,6,12H2,1H3. The second-order valence-corrected chi connectivity index (χ2v) is 4.23. The Kier molecular flexibility index (Phi) is 2.37. The fraction of sp³-hybridized carbons (Fsp3) is 0.500. The molecule has 0 spiro atoms. The zero-order valence-corrected chi connectivity index (χ0v) is 8.84. The highest BCUT2D eigenvalue weighted by atomic mass is 35.5. The molecule has 2 N–H and O–H groups in total. The van der Waals surface area contributed by atoms with E-state index in [9.17, 15) is 0 Å². The van der Waals surface area contributed by atoms with Crippen LogP contribution in [0.5, 0.6) is 5.88 Å². The zero-order valence-electron chi connectivity index (χ0n) is 8.09. The number of rotatable bonds is 3. The normalized spacial score (nSPS) is 17.9. The summed E-state index contributed by atoms with van der Waals surface area (Å²) in [6, 6.07) is 1.77. The van der Waals surface area contributed by atoms with Crippen molar-refractivity contribution in [3.8, 4) is 5.88 Å². The van der Waals surface area contributed by atoms with Crippen molar-refractivity contribution in [3.63, 3.8) is 0 Å². The molecule has 0 radical (unpaired) electrons. The van der Waals surface area contributed by atoms with Crippen LogP contribution in [-0.4, -0.2) is 17.6 Å². The Balaban J connectivity index is 2.29. The van der Waals surface area contributed by atoms with Crippen LogP contribution in [-0.2, 0) is 6.42 Å². The first-order chi connectivity index (χ1) is 6.64. The Bertz CT molecular complexity index is 350. The maximum Gasteiger partial charge on any atom is 0.217 e. The molecule has 0 aliphatic heterocycles. The summed E-state index contributed by atoms with van der Waals surface area (Å²) >= 11 is 6.07. The summed E-state index contributed by atoms with van der Waals surface area (Å²) in [7, 11) is 1.60. The van der Waals surface area contributed by atoms with E-state index in [1.807, 2.05) is 0 Å². The Morgan fingerprint density at radius 2 is 2.36 bits per heavy atom. The van der Waals surface area contributed by atoms with Gasteiger partial charge in [0, 0.05) is 17.3 Å². The number of hydrogen-bond donors (Lipinski definition) is 1. The Hall–Kier alpha value is -0.800. The second-order valence-electron chi connectivity index (χ2n) is 3.82. The quantitative estimate of drug-likeness (QED) is 0.831. The molecule has 0 unspecified atom stereocenters. The molecule has 14 heavy (non-hydrogen) atoms. The summed E-state index contributed by atoms with van der Waals surface area (Å²) in [6.45, 7) is 0. The molecule has 1 aromatic heterocycles. The molecule has 2 rings (SSSR count). The van der Waals surface area contributed by atoms with Gasteiger partial charge < -0.3 is 10.5 Å². The van der Waals surface area contributed by atoms with Gasteiger partial charge in [0.15, 0.2) is 0 Å². The number of pyridine rings is 1. The third-order valence-corrected chi connectivity index (χ3v) is 2.93. The number of aromatic nitrogens is 1. The van der Waals surface area contributed by atoms with Crippen LogP contribution >= 0.6 is 11.6 Å². The van der Waals surface area contributed by atoms with E-state index in [4.69, 9.17) is 22.1 Å². The Morgan fingerprint density at radius 1 is 1.64 bits per heavy atom. The summed E-state index contributed by atoms with van der Waals surface area (Å²) < 4.78 is 5.15. The Morgan fingerprint density at radius 3 is 2.93 bits per heavy atom. The lowest BCUT2D eigenvalue weighted by molar-refractivity contribution is 0.390. The van der Waals surface area contributed by atoms with Crippen LogP contribution < -0.4 is 10.5 Å². The average molecular weight is 213 g/mol. The van der Waals surface area contributed by atoms with Crippen molar-refractivity contribution in [1.29, 1.82) is 0 Å². The second kappa shape index (κ2) is 3.41. The van der Waals surface area contributed by atoms with Gasteiger partial charge in [0.2, 0.25) is 5.88 Å². The highest BCUT2D eigenvalue weighted by molar-refractivity contribution is 6.31. The van der Waals surface area contributed by atoms with Gasteiger partial charge in [0.05, 0.1) is 12.1 Å². The SMILES string of the molecule is COc1nccc(Cl)c1CC1(N)CC1. The number of methoxy groups -OCH3 is 1. The lowest BCUT2D eigenvalue weighted by atomic mass is 10.1. The highest BCUT2D eigenvalue weighted by Gasteiger charge is 2.39. The molecule has 0 atom stereocenters. The van der Waals surface area contributed by atoms with Crippen LogP contribution in [0.4, 0.5) is 0 Å². The predicted octanol–water partition coefficient (Wildman–Crippen LogP) is 1.78. The van der Waals surface area contributed by atoms with Gasteiger partial charge in [-0.1, -0.05) is 11.6 Å². The monoisotopic (exact) mass is 212 g/mol. The summed E-state index contributed by atoms with van der Waals surface area (Å²) in [6.07, 6.45) is 4.51. The first-order valence-corrected chi connectivity index (χ1v) is 4.99. The maximum absolute atomic E-state index is 6.07. The first kappa shape index (κ1) is 9.74. The van der Waals surface area contributed by atoms with Crippen LogP contribution in [0, 0.1) is 0 Å². The third-order valence-electron chi connectivity index (χ3n) is 2.57. The third kappa shape index (κ3) is 1.83. The molecule has 0 bridgehead atoms. The summed E-state index contributed by atoms with van der Waals surface area (Å²) in [4.78, 5) is 4.11. The van der Waals surface area contributed by atoms with Crippen LogP contribution in [0.3, 0.4) is 0 Å². The molecule has 0 aromatic carbocycles. The van der Waals surface area contributed by atoms with E-state index in [2.05, 4.69) is 4.98 Å².